The number of hydrogen-bond acceptors (Lipinski definition) is 1. The second-order valence-electron chi connectivity index (χ2n) is 6.66. The van der Waals surface area contributed by atoms with Gasteiger partial charge in [0.2, 0.25) is 0 Å². The summed E-state index contributed by atoms with van der Waals surface area (Å²) >= 11 is 8.21. The molecule has 0 saturated carbocycles. The molecule has 2 heterocycles. The van der Waals surface area contributed by atoms with E-state index in [-0.39, 0.29) is 17.9 Å². The van der Waals surface area contributed by atoms with E-state index in [1.54, 1.807) is 0 Å². The summed E-state index contributed by atoms with van der Waals surface area (Å²) in [5.41, 5.74) is 2.94. The Bertz CT molecular complexity index is 720. The van der Waals surface area contributed by atoms with Gasteiger partial charge in [-0.25, -0.2) is 0 Å². The van der Waals surface area contributed by atoms with Crippen LogP contribution in [0.15, 0.2) is 52.3 Å². The Hall–Kier alpha value is -0.710. The summed E-state index contributed by atoms with van der Waals surface area (Å²) < 4.78 is 1.05. The van der Waals surface area contributed by atoms with E-state index in [1.165, 1.54) is 33.9 Å². The molecule has 2 aliphatic heterocycles. The first-order chi connectivity index (χ1) is 10.1. The van der Waals surface area contributed by atoms with Crippen LogP contribution in [0.2, 0.25) is 5.02 Å². The first kappa shape index (κ1) is 18.6. The maximum atomic E-state index is 6.31. The van der Waals surface area contributed by atoms with Gasteiger partial charge in [-0.1, -0.05) is 41.6 Å². The molecule has 2 N–H and O–H groups in total. The standard InChI is InChI=1S/C18H19ClNS.ClH.H2O/c1-20(2)10-9-14-13-5-3-4-6-16(13)21-17-8-7-12(19)11-15(17)18(14)20;;/h3-8,11,14,18H,9-10H2,1-2H3;1H;1H2/q+1;;/p-1. The second kappa shape index (κ2) is 6.66. The van der Waals surface area contributed by atoms with Crippen LogP contribution in [0.5, 0.6) is 0 Å². The molecule has 124 valence electrons. The number of quaternary nitrogens is 1. The van der Waals surface area contributed by atoms with Crippen molar-refractivity contribution in [2.75, 3.05) is 20.6 Å². The fourth-order valence-corrected chi connectivity index (χ4v) is 5.35. The lowest BCUT2D eigenvalue weighted by Crippen LogP contribution is -3.00. The lowest BCUT2D eigenvalue weighted by atomic mass is 9.87. The van der Waals surface area contributed by atoms with Gasteiger partial charge in [-0.2, -0.15) is 0 Å². The van der Waals surface area contributed by atoms with Crippen molar-refractivity contribution in [1.82, 2.24) is 0 Å². The highest BCUT2D eigenvalue weighted by Crippen LogP contribution is 2.54. The van der Waals surface area contributed by atoms with E-state index in [4.69, 9.17) is 11.6 Å². The maximum absolute atomic E-state index is 6.31. The van der Waals surface area contributed by atoms with Crippen molar-refractivity contribution < 1.29 is 22.4 Å². The van der Waals surface area contributed by atoms with Crippen molar-refractivity contribution in [3.05, 3.63) is 58.6 Å². The van der Waals surface area contributed by atoms with Gasteiger partial charge in [0.1, 0.15) is 6.04 Å². The van der Waals surface area contributed by atoms with Gasteiger partial charge in [0.05, 0.1) is 20.6 Å². The van der Waals surface area contributed by atoms with Crippen molar-refractivity contribution in [1.29, 1.82) is 0 Å². The number of benzene rings is 2. The van der Waals surface area contributed by atoms with Crippen LogP contribution in [0.3, 0.4) is 0 Å². The van der Waals surface area contributed by atoms with Gasteiger partial charge in [0, 0.05) is 32.7 Å². The van der Waals surface area contributed by atoms with E-state index in [2.05, 4.69) is 50.5 Å². The Morgan fingerprint density at radius 3 is 2.52 bits per heavy atom. The molecule has 2 aliphatic rings. The predicted octanol–water partition coefficient (Wildman–Crippen LogP) is 1.29. The molecule has 2 unspecified atom stereocenters. The first-order valence-corrected chi connectivity index (χ1v) is 8.64. The summed E-state index contributed by atoms with van der Waals surface area (Å²) in [4.78, 5) is 2.78. The minimum Gasteiger partial charge on any atom is -1.00 e. The number of rotatable bonds is 0. The lowest BCUT2D eigenvalue weighted by molar-refractivity contribution is -0.909. The smallest absolute Gasteiger partial charge is 0.123 e. The molecule has 23 heavy (non-hydrogen) atoms. The lowest BCUT2D eigenvalue weighted by Gasteiger charge is -2.34. The van der Waals surface area contributed by atoms with Gasteiger partial charge in [-0.15, -0.1) is 0 Å². The van der Waals surface area contributed by atoms with E-state index < -0.39 is 0 Å². The van der Waals surface area contributed by atoms with Crippen molar-refractivity contribution in [2.24, 2.45) is 0 Å². The zero-order valence-electron chi connectivity index (χ0n) is 13.2. The summed E-state index contributed by atoms with van der Waals surface area (Å²) in [6.07, 6.45) is 1.25. The van der Waals surface area contributed by atoms with Crippen LogP contribution in [-0.2, 0) is 0 Å². The van der Waals surface area contributed by atoms with Crippen molar-refractivity contribution in [3.63, 3.8) is 0 Å². The van der Waals surface area contributed by atoms with E-state index in [9.17, 15) is 0 Å². The van der Waals surface area contributed by atoms with Crippen LogP contribution >= 0.6 is 23.4 Å². The third kappa shape index (κ3) is 3.01. The molecule has 5 heteroatoms. The number of halogens is 2. The average Bonchev–Trinajstić information content (AvgIpc) is 2.69. The fourth-order valence-electron chi connectivity index (χ4n) is 4.02. The van der Waals surface area contributed by atoms with Gasteiger partial charge in [-0.05, 0) is 29.8 Å². The van der Waals surface area contributed by atoms with Crippen molar-refractivity contribution >= 4 is 23.4 Å². The quantitative estimate of drug-likeness (QED) is 0.643. The molecule has 0 spiro atoms. The molecule has 0 bridgehead atoms. The summed E-state index contributed by atoms with van der Waals surface area (Å²) in [6, 6.07) is 15.8. The molecule has 2 nitrogen and oxygen atoms in total. The molecular formula is C18H21Cl2NOS. The molecule has 1 fully saturated rings. The van der Waals surface area contributed by atoms with Crippen LogP contribution in [0.25, 0.3) is 0 Å². The maximum Gasteiger partial charge on any atom is 0.123 e. The van der Waals surface area contributed by atoms with Gasteiger partial charge in [-0.3, -0.25) is 0 Å². The van der Waals surface area contributed by atoms with E-state index >= 15 is 0 Å². The Morgan fingerprint density at radius 1 is 1.04 bits per heavy atom. The number of likely N-dealkylation sites (N-methyl/N-ethyl adjacent to an activating group) is 1. The topological polar surface area (TPSA) is 31.5 Å². The third-order valence-electron chi connectivity index (χ3n) is 4.98. The highest BCUT2D eigenvalue weighted by Gasteiger charge is 2.47. The van der Waals surface area contributed by atoms with Crippen LogP contribution in [-0.4, -0.2) is 30.6 Å². The van der Waals surface area contributed by atoms with E-state index in [1.807, 2.05) is 17.8 Å². The van der Waals surface area contributed by atoms with Crippen LogP contribution < -0.4 is 12.4 Å². The summed E-state index contributed by atoms with van der Waals surface area (Å²) in [7, 11) is 4.71. The van der Waals surface area contributed by atoms with Crippen molar-refractivity contribution in [3.8, 4) is 0 Å². The number of nitrogens with zero attached hydrogens (tertiary/aromatic N) is 1. The zero-order chi connectivity index (χ0) is 14.6. The zero-order valence-corrected chi connectivity index (χ0v) is 15.6. The third-order valence-corrected chi connectivity index (χ3v) is 6.40. The van der Waals surface area contributed by atoms with Crippen molar-refractivity contribution in [2.45, 2.75) is 28.2 Å². The average molecular weight is 370 g/mol. The minimum atomic E-state index is 0. The molecule has 0 aromatic heterocycles. The fraction of sp³-hybridized carbons (Fsp3) is 0.333. The van der Waals surface area contributed by atoms with E-state index in [0.717, 1.165) is 9.51 Å². The molecular weight excluding hydrogens is 349 g/mol. The SMILES string of the molecule is C[N+]1(C)CCC2c3ccccc3Sc3ccc(Cl)cc3C21.O.[Cl-]. The molecule has 0 aliphatic carbocycles. The van der Waals surface area contributed by atoms with Gasteiger partial charge in [0.15, 0.2) is 0 Å². The van der Waals surface area contributed by atoms with Gasteiger partial charge < -0.3 is 22.4 Å². The van der Waals surface area contributed by atoms with E-state index in [0.29, 0.717) is 12.0 Å². The van der Waals surface area contributed by atoms with Crippen LogP contribution in [0.1, 0.15) is 29.5 Å². The molecule has 4 rings (SSSR count). The minimum absolute atomic E-state index is 0. The number of fused-ring (bicyclic) bond motifs is 5. The molecule has 0 amide bonds. The van der Waals surface area contributed by atoms with Gasteiger partial charge >= 0.3 is 0 Å². The molecule has 0 radical (unpaired) electrons. The highest BCUT2D eigenvalue weighted by molar-refractivity contribution is 7.99. The molecule has 2 aromatic rings. The highest BCUT2D eigenvalue weighted by atomic mass is 35.5. The summed E-state index contributed by atoms with van der Waals surface area (Å²) in [6.45, 7) is 1.22. The Kier molecular flexibility index (Phi) is 5.39. The normalized spacial score (nSPS) is 23.4. The van der Waals surface area contributed by atoms with Gasteiger partial charge in [0.25, 0.3) is 0 Å². The first-order valence-electron chi connectivity index (χ1n) is 7.45. The number of likely N-dealkylation sites (tertiary alicyclic amines) is 1. The Balaban J connectivity index is 0.000000960. The Morgan fingerprint density at radius 2 is 1.74 bits per heavy atom. The largest absolute Gasteiger partial charge is 1.00 e. The second-order valence-corrected chi connectivity index (χ2v) is 8.18. The number of hydrogen-bond donors (Lipinski definition) is 0. The molecule has 2 atom stereocenters. The summed E-state index contributed by atoms with van der Waals surface area (Å²) in [5.74, 6) is 0.600. The Labute approximate surface area is 153 Å². The van der Waals surface area contributed by atoms with Crippen LogP contribution in [0, 0.1) is 0 Å². The van der Waals surface area contributed by atoms with Crippen LogP contribution in [0.4, 0.5) is 0 Å². The monoisotopic (exact) mass is 369 g/mol. The molecule has 1 saturated heterocycles. The summed E-state index contributed by atoms with van der Waals surface area (Å²) in [5, 5.41) is 0.853. The molecule has 2 aromatic carbocycles. The predicted molar refractivity (Wildman–Crippen MR) is 92.7 cm³/mol.